The van der Waals surface area contributed by atoms with E-state index in [0.717, 1.165) is 48.3 Å². The SMILES string of the molecule is CCCCCC1CC[C@H]2[C@@H]3CCC4CC(C(=O)O)CC[C@@H]4[C@H]3CC[C@]12C. The van der Waals surface area contributed by atoms with Gasteiger partial charge in [-0.25, -0.2) is 0 Å². The Labute approximate surface area is 160 Å². The summed E-state index contributed by atoms with van der Waals surface area (Å²) in [6.45, 7) is 4.98. The second-order valence-corrected chi connectivity index (χ2v) is 10.6. The molecule has 0 spiro atoms. The van der Waals surface area contributed by atoms with Crippen molar-refractivity contribution >= 4 is 5.97 Å². The van der Waals surface area contributed by atoms with E-state index in [4.69, 9.17) is 0 Å². The van der Waals surface area contributed by atoms with E-state index in [1.54, 1.807) is 0 Å². The molecule has 4 aliphatic rings. The van der Waals surface area contributed by atoms with Crippen LogP contribution in [0.3, 0.4) is 0 Å². The van der Waals surface area contributed by atoms with Crippen molar-refractivity contribution < 1.29 is 9.90 Å². The molecular weight excluding hydrogens is 320 g/mol. The maximum atomic E-state index is 11.4. The van der Waals surface area contributed by atoms with Crippen molar-refractivity contribution in [1.82, 2.24) is 0 Å². The van der Waals surface area contributed by atoms with Crippen molar-refractivity contribution in [3.63, 3.8) is 0 Å². The fourth-order valence-corrected chi connectivity index (χ4v) is 8.30. The molecule has 26 heavy (non-hydrogen) atoms. The predicted molar refractivity (Wildman–Crippen MR) is 106 cm³/mol. The molecule has 0 bridgehead atoms. The third kappa shape index (κ3) is 3.14. The Morgan fingerprint density at radius 3 is 2.54 bits per heavy atom. The van der Waals surface area contributed by atoms with Gasteiger partial charge in [0.25, 0.3) is 0 Å². The zero-order valence-corrected chi connectivity index (χ0v) is 17.1. The summed E-state index contributed by atoms with van der Waals surface area (Å²) < 4.78 is 0. The van der Waals surface area contributed by atoms with Gasteiger partial charge in [0.05, 0.1) is 5.92 Å². The van der Waals surface area contributed by atoms with Crippen molar-refractivity contribution in [2.45, 2.75) is 97.3 Å². The molecule has 0 amide bonds. The predicted octanol–water partition coefficient (Wildman–Crippen LogP) is 6.54. The minimum atomic E-state index is -0.535. The van der Waals surface area contributed by atoms with Crippen molar-refractivity contribution in [1.29, 1.82) is 0 Å². The molecule has 2 nitrogen and oxygen atoms in total. The molecule has 3 unspecified atom stereocenters. The lowest BCUT2D eigenvalue weighted by Crippen LogP contribution is -2.48. The van der Waals surface area contributed by atoms with Gasteiger partial charge in [0.2, 0.25) is 0 Å². The fraction of sp³-hybridized carbons (Fsp3) is 0.958. The van der Waals surface area contributed by atoms with Crippen LogP contribution >= 0.6 is 0 Å². The van der Waals surface area contributed by atoms with Crippen LogP contribution in [0.4, 0.5) is 0 Å². The Bertz CT molecular complexity index is 514. The van der Waals surface area contributed by atoms with Gasteiger partial charge in [-0.05, 0) is 105 Å². The number of carbonyl (C=O) groups is 1. The number of carboxylic acid groups (broad SMARTS) is 1. The summed E-state index contributed by atoms with van der Waals surface area (Å²) >= 11 is 0. The number of rotatable bonds is 5. The highest BCUT2D eigenvalue weighted by molar-refractivity contribution is 5.70. The van der Waals surface area contributed by atoms with E-state index in [0.29, 0.717) is 5.41 Å². The number of carboxylic acids is 1. The zero-order chi connectivity index (χ0) is 18.3. The third-order valence-electron chi connectivity index (χ3n) is 9.66. The summed E-state index contributed by atoms with van der Waals surface area (Å²) in [7, 11) is 0. The highest BCUT2D eigenvalue weighted by atomic mass is 16.4. The van der Waals surface area contributed by atoms with Gasteiger partial charge in [0.1, 0.15) is 0 Å². The number of hydrogen-bond donors (Lipinski definition) is 1. The van der Waals surface area contributed by atoms with Gasteiger partial charge in [-0.2, -0.15) is 0 Å². The molecule has 4 rings (SSSR count). The summed E-state index contributed by atoms with van der Waals surface area (Å²) in [6, 6.07) is 0. The van der Waals surface area contributed by atoms with Crippen LogP contribution in [0.15, 0.2) is 0 Å². The summed E-state index contributed by atoms with van der Waals surface area (Å²) in [5.74, 6) is 4.85. The van der Waals surface area contributed by atoms with E-state index in [2.05, 4.69) is 13.8 Å². The van der Waals surface area contributed by atoms with Gasteiger partial charge in [-0.3, -0.25) is 4.79 Å². The zero-order valence-electron chi connectivity index (χ0n) is 17.1. The molecule has 0 aromatic heterocycles. The number of unbranched alkanes of at least 4 members (excludes halogenated alkanes) is 2. The van der Waals surface area contributed by atoms with Crippen LogP contribution < -0.4 is 0 Å². The molecule has 0 aromatic carbocycles. The topological polar surface area (TPSA) is 37.3 Å². The van der Waals surface area contributed by atoms with Gasteiger partial charge in [0.15, 0.2) is 0 Å². The molecule has 148 valence electrons. The summed E-state index contributed by atoms with van der Waals surface area (Å²) in [4.78, 5) is 11.4. The lowest BCUT2D eigenvalue weighted by Gasteiger charge is -2.56. The standard InChI is InChI=1S/C24H40O2/c1-3-4-5-6-18-9-12-22-21-11-7-16-15-17(23(25)26)8-10-19(16)20(21)13-14-24(18,22)2/h16-22H,3-15H2,1-2H3,(H,25,26)/t16?,17?,18?,19-,20+,21+,22-,24+/m0/s1. The molecule has 4 fully saturated rings. The average molecular weight is 361 g/mol. The first-order chi connectivity index (χ1) is 12.5. The largest absolute Gasteiger partial charge is 0.481 e. The maximum Gasteiger partial charge on any atom is 0.306 e. The molecule has 0 saturated heterocycles. The molecule has 8 atom stereocenters. The van der Waals surface area contributed by atoms with Crippen LogP contribution in [0, 0.1) is 46.8 Å². The van der Waals surface area contributed by atoms with Crippen LogP contribution in [0.2, 0.25) is 0 Å². The van der Waals surface area contributed by atoms with E-state index < -0.39 is 5.97 Å². The molecule has 0 aromatic rings. The Balaban J connectivity index is 1.43. The van der Waals surface area contributed by atoms with Crippen LogP contribution in [-0.4, -0.2) is 11.1 Å². The van der Waals surface area contributed by atoms with E-state index in [1.807, 2.05) is 0 Å². The molecule has 2 heteroatoms. The lowest BCUT2D eigenvalue weighted by atomic mass is 9.49. The second-order valence-electron chi connectivity index (χ2n) is 10.6. The van der Waals surface area contributed by atoms with Crippen molar-refractivity contribution in [3.05, 3.63) is 0 Å². The van der Waals surface area contributed by atoms with Crippen molar-refractivity contribution in [2.75, 3.05) is 0 Å². The molecule has 4 aliphatic carbocycles. The van der Waals surface area contributed by atoms with Gasteiger partial charge >= 0.3 is 5.97 Å². The Morgan fingerprint density at radius 2 is 1.77 bits per heavy atom. The molecule has 0 radical (unpaired) electrons. The van der Waals surface area contributed by atoms with Crippen LogP contribution in [0.25, 0.3) is 0 Å². The second kappa shape index (κ2) is 7.47. The highest BCUT2D eigenvalue weighted by Gasteiger charge is 2.56. The number of fused-ring (bicyclic) bond motifs is 5. The number of aliphatic carboxylic acids is 1. The van der Waals surface area contributed by atoms with E-state index in [9.17, 15) is 9.90 Å². The summed E-state index contributed by atoms with van der Waals surface area (Å²) in [6.07, 6.45) is 17.4. The Kier molecular flexibility index (Phi) is 5.41. The van der Waals surface area contributed by atoms with Gasteiger partial charge in [-0.15, -0.1) is 0 Å². The molecule has 0 heterocycles. The van der Waals surface area contributed by atoms with Crippen molar-refractivity contribution in [2.24, 2.45) is 46.8 Å². The fourth-order valence-electron chi connectivity index (χ4n) is 8.30. The minimum absolute atomic E-state index is 0.0453. The quantitative estimate of drug-likeness (QED) is 0.565. The first-order valence-electron chi connectivity index (χ1n) is 11.8. The van der Waals surface area contributed by atoms with E-state index in [1.165, 1.54) is 70.6 Å². The van der Waals surface area contributed by atoms with Gasteiger partial charge in [-0.1, -0.05) is 33.1 Å². The maximum absolute atomic E-state index is 11.4. The van der Waals surface area contributed by atoms with Gasteiger partial charge < -0.3 is 5.11 Å². The highest BCUT2D eigenvalue weighted by Crippen LogP contribution is 2.65. The first-order valence-corrected chi connectivity index (χ1v) is 11.8. The summed E-state index contributed by atoms with van der Waals surface area (Å²) in [5.41, 5.74) is 0.625. The minimum Gasteiger partial charge on any atom is -0.481 e. The molecular formula is C24H40O2. The Morgan fingerprint density at radius 1 is 0.962 bits per heavy atom. The smallest absolute Gasteiger partial charge is 0.306 e. The van der Waals surface area contributed by atoms with Crippen LogP contribution in [0.1, 0.15) is 97.3 Å². The summed E-state index contributed by atoms with van der Waals surface area (Å²) in [5, 5.41) is 9.44. The molecule has 4 saturated carbocycles. The molecule has 0 aliphatic heterocycles. The Hall–Kier alpha value is -0.530. The average Bonchev–Trinajstić information content (AvgIpc) is 2.98. The molecule has 1 N–H and O–H groups in total. The number of hydrogen-bond acceptors (Lipinski definition) is 1. The lowest BCUT2D eigenvalue weighted by molar-refractivity contribution is -0.146. The van der Waals surface area contributed by atoms with Gasteiger partial charge in [0, 0.05) is 0 Å². The first kappa shape index (κ1) is 18.8. The van der Waals surface area contributed by atoms with Crippen LogP contribution in [-0.2, 0) is 4.79 Å². The van der Waals surface area contributed by atoms with E-state index in [-0.39, 0.29) is 5.92 Å². The normalized spacial score (nSPS) is 47.7. The van der Waals surface area contributed by atoms with E-state index >= 15 is 0 Å². The van der Waals surface area contributed by atoms with Crippen molar-refractivity contribution in [3.8, 4) is 0 Å². The van der Waals surface area contributed by atoms with Crippen LogP contribution in [0.5, 0.6) is 0 Å². The monoisotopic (exact) mass is 360 g/mol. The third-order valence-corrected chi connectivity index (χ3v) is 9.66.